The molecule has 0 aliphatic heterocycles. The monoisotopic (exact) mass is 254 g/mol. The second-order valence-electron chi connectivity index (χ2n) is 4.20. The van der Waals surface area contributed by atoms with Crippen molar-refractivity contribution in [1.29, 1.82) is 0 Å². The predicted molar refractivity (Wildman–Crippen MR) is 68.4 cm³/mol. The summed E-state index contributed by atoms with van der Waals surface area (Å²) in [7, 11) is 0. The molecule has 1 amide bonds. The Morgan fingerprint density at radius 2 is 2.22 bits per heavy atom. The lowest BCUT2D eigenvalue weighted by molar-refractivity contribution is -0.121. The van der Waals surface area contributed by atoms with Gasteiger partial charge < -0.3 is 14.6 Å². The van der Waals surface area contributed by atoms with Crippen LogP contribution in [0.4, 0.5) is 0 Å². The molecule has 0 bridgehead atoms. The summed E-state index contributed by atoms with van der Waals surface area (Å²) < 4.78 is 10.2. The number of carbonyl (C=O) groups is 1. The van der Waals surface area contributed by atoms with Crippen LogP contribution in [-0.4, -0.2) is 30.8 Å². The van der Waals surface area contributed by atoms with E-state index >= 15 is 0 Å². The third kappa shape index (κ3) is 4.87. The lowest BCUT2D eigenvalue weighted by atomic mass is 10.1. The summed E-state index contributed by atoms with van der Waals surface area (Å²) in [5.41, 5.74) is 1.91. The van der Waals surface area contributed by atoms with Gasteiger partial charge in [-0.3, -0.25) is 4.79 Å². The molecule has 0 saturated carbocycles. The molecule has 0 radical (unpaired) electrons. The van der Waals surface area contributed by atoms with Crippen LogP contribution in [0.15, 0.2) is 4.52 Å². The number of amides is 1. The third-order valence-corrected chi connectivity index (χ3v) is 2.78. The standard InChI is InChI=1S/C13H22N2O3/c1-4-17-9-5-8-14-13(16)7-6-12-10(2)15-18-11(12)3/h4-9H2,1-3H3,(H,14,16). The zero-order valence-corrected chi connectivity index (χ0v) is 11.4. The quantitative estimate of drug-likeness (QED) is 0.718. The summed E-state index contributed by atoms with van der Waals surface area (Å²) in [6.07, 6.45) is 2.00. The van der Waals surface area contributed by atoms with Crippen molar-refractivity contribution in [3.8, 4) is 0 Å². The molecule has 18 heavy (non-hydrogen) atoms. The smallest absolute Gasteiger partial charge is 0.220 e. The molecule has 1 rings (SSSR count). The average Bonchev–Trinajstić information content (AvgIpc) is 2.66. The number of aryl methyl sites for hydroxylation is 2. The minimum atomic E-state index is 0.0616. The van der Waals surface area contributed by atoms with Gasteiger partial charge in [0.05, 0.1) is 5.69 Å². The summed E-state index contributed by atoms with van der Waals surface area (Å²) in [5, 5.41) is 6.74. The summed E-state index contributed by atoms with van der Waals surface area (Å²) in [4.78, 5) is 11.6. The molecule has 0 aliphatic rings. The van der Waals surface area contributed by atoms with Crippen LogP contribution < -0.4 is 5.32 Å². The lowest BCUT2D eigenvalue weighted by Crippen LogP contribution is -2.25. The van der Waals surface area contributed by atoms with Gasteiger partial charge in [0.25, 0.3) is 0 Å². The Hall–Kier alpha value is -1.36. The van der Waals surface area contributed by atoms with Gasteiger partial charge in [-0.1, -0.05) is 5.16 Å². The van der Waals surface area contributed by atoms with Crippen LogP contribution >= 0.6 is 0 Å². The first-order chi connectivity index (χ1) is 8.65. The largest absolute Gasteiger partial charge is 0.382 e. The Bertz CT molecular complexity index is 355. The fraction of sp³-hybridized carbons (Fsp3) is 0.692. The second-order valence-corrected chi connectivity index (χ2v) is 4.20. The fourth-order valence-corrected chi connectivity index (χ4v) is 1.73. The summed E-state index contributed by atoms with van der Waals surface area (Å²) in [5.74, 6) is 0.864. The topological polar surface area (TPSA) is 64.4 Å². The number of hydrogen-bond donors (Lipinski definition) is 1. The minimum Gasteiger partial charge on any atom is -0.382 e. The van der Waals surface area contributed by atoms with Crippen LogP contribution in [0.2, 0.25) is 0 Å². The van der Waals surface area contributed by atoms with E-state index in [4.69, 9.17) is 9.26 Å². The normalized spacial score (nSPS) is 10.6. The predicted octanol–water partition coefficient (Wildman–Crippen LogP) is 1.77. The van der Waals surface area contributed by atoms with Crippen molar-refractivity contribution in [2.24, 2.45) is 0 Å². The van der Waals surface area contributed by atoms with Crippen molar-refractivity contribution in [2.45, 2.75) is 40.0 Å². The van der Waals surface area contributed by atoms with Crippen LogP contribution in [0.3, 0.4) is 0 Å². The molecule has 1 N–H and O–H groups in total. The van der Waals surface area contributed by atoms with E-state index in [-0.39, 0.29) is 5.91 Å². The van der Waals surface area contributed by atoms with Crippen LogP contribution in [0.25, 0.3) is 0 Å². The SMILES string of the molecule is CCOCCCNC(=O)CCc1c(C)noc1C. The van der Waals surface area contributed by atoms with Gasteiger partial charge in [0, 0.05) is 31.7 Å². The molecule has 0 fully saturated rings. The van der Waals surface area contributed by atoms with Crippen LogP contribution in [0.1, 0.15) is 36.8 Å². The molecule has 5 nitrogen and oxygen atoms in total. The van der Waals surface area contributed by atoms with Crippen molar-refractivity contribution in [1.82, 2.24) is 10.5 Å². The van der Waals surface area contributed by atoms with Crippen molar-refractivity contribution in [3.63, 3.8) is 0 Å². The number of ether oxygens (including phenoxy) is 1. The highest BCUT2D eigenvalue weighted by atomic mass is 16.5. The zero-order chi connectivity index (χ0) is 13.4. The molecule has 102 valence electrons. The van der Waals surface area contributed by atoms with Gasteiger partial charge in [0.2, 0.25) is 5.91 Å². The van der Waals surface area contributed by atoms with E-state index in [0.29, 0.717) is 26.0 Å². The molecule has 0 aliphatic carbocycles. The van der Waals surface area contributed by atoms with Crippen LogP contribution in [0.5, 0.6) is 0 Å². The van der Waals surface area contributed by atoms with Gasteiger partial charge in [-0.2, -0.15) is 0 Å². The van der Waals surface area contributed by atoms with Crippen molar-refractivity contribution >= 4 is 5.91 Å². The maximum Gasteiger partial charge on any atom is 0.220 e. The molecule has 1 aromatic rings. The molecule has 0 spiro atoms. The Morgan fingerprint density at radius 1 is 1.44 bits per heavy atom. The van der Waals surface area contributed by atoms with Gasteiger partial charge in [-0.25, -0.2) is 0 Å². The van der Waals surface area contributed by atoms with E-state index in [1.807, 2.05) is 20.8 Å². The van der Waals surface area contributed by atoms with E-state index in [1.165, 1.54) is 0 Å². The number of hydrogen-bond acceptors (Lipinski definition) is 4. The zero-order valence-electron chi connectivity index (χ0n) is 11.4. The van der Waals surface area contributed by atoms with Crippen molar-refractivity contribution < 1.29 is 14.1 Å². The van der Waals surface area contributed by atoms with Gasteiger partial charge in [-0.05, 0) is 33.6 Å². The molecule has 1 heterocycles. The summed E-state index contributed by atoms with van der Waals surface area (Å²) in [6, 6.07) is 0. The molecule has 5 heteroatoms. The summed E-state index contributed by atoms with van der Waals surface area (Å²) in [6.45, 7) is 7.81. The van der Waals surface area contributed by atoms with Crippen molar-refractivity contribution in [2.75, 3.05) is 19.8 Å². The Labute approximate surface area is 108 Å². The maximum atomic E-state index is 11.6. The molecule has 0 aromatic carbocycles. The minimum absolute atomic E-state index is 0.0616. The molecule has 0 atom stereocenters. The Balaban J connectivity index is 2.17. The highest BCUT2D eigenvalue weighted by molar-refractivity contribution is 5.76. The molecular weight excluding hydrogens is 232 g/mol. The van der Waals surface area contributed by atoms with E-state index < -0.39 is 0 Å². The lowest BCUT2D eigenvalue weighted by Gasteiger charge is -2.05. The second kappa shape index (κ2) is 7.87. The first-order valence-electron chi connectivity index (χ1n) is 6.41. The number of rotatable bonds is 8. The van der Waals surface area contributed by atoms with E-state index in [9.17, 15) is 4.79 Å². The first kappa shape index (κ1) is 14.7. The average molecular weight is 254 g/mol. The molecule has 1 aromatic heterocycles. The van der Waals surface area contributed by atoms with Gasteiger partial charge in [0.1, 0.15) is 5.76 Å². The van der Waals surface area contributed by atoms with Crippen molar-refractivity contribution in [3.05, 3.63) is 17.0 Å². The highest BCUT2D eigenvalue weighted by Crippen LogP contribution is 2.13. The summed E-state index contributed by atoms with van der Waals surface area (Å²) >= 11 is 0. The molecular formula is C13H22N2O3. The Morgan fingerprint density at radius 3 is 2.83 bits per heavy atom. The Kier molecular flexibility index (Phi) is 6.43. The molecule has 0 saturated heterocycles. The first-order valence-corrected chi connectivity index (χ1v) is 6.41. The van der Waals surface area contributed by atoms with Gasteiger partial charge in [0.15, 0.2) is 0 Å². The van der Waals surface area contributed by atoms with Crippen LogP contribution in [0, 0.1) is 13.8 Å². The van der Waals surface area contributed by atoms with E-state index in [2.05, 4.69) is 10.5 Å². The number of nitrogens with zero attached hydrogens (tertiary/aromatic N) is 1. The van der Waals surface area contributed by atoms with Gasteiger partial charge >= 0.3 is 0 Å². The fourth-order valence-electron chi connectivity index (χ4n) is 1.73. The molecule has 0 unspecified atom stereocenters. The number of nitrogens with one attached hydrogen (secondary N) is 1. The highest BCUT2D eigenvalue weighted by Gasteiger charge is 2.10. The maximum absolute atomic E-state index is 11.6. The number of carbonyl (C=O) groups excluding carboxylic acids is 1. The van der Waals surface area contributed by atoms with Gasteiger partial charge in [-0.15, -0.1) is 0 Å². The number of aromatic nitrogens is 1. The van der Waals surface area contributed by atoms with E-state index in [0.717, 1.165) is 30.0 Å². The van der Waals surface area contributed by atoms with E-state index in [1.54, 1.807) is 0 Å². The third-order valence-electron chi connectivity index (χ3n) is 2.78. The van der Waals surface area contributed by atoms with Crippen LogP contribution in [-0.2, 0) is 16.0 Å².